The maximum atomic E-state index is 14.4. The standard InChI is InChI=1S/C36H47F3N6O7/c1-21-18-45(22(2)20-46)33(47)29-17-28(41-34(48)40-27-12-10-26(11-13-27)36(37,38)39)14-15-30(29)51-23(3)9-7-8-16-50-31(21)19-44(6)35(49)42-32-24(4)43-52-25(32)5/h10-15,17,21-23,31,46H,7-9,16,18-20H2,1-6H3,(H,42,49)(H2,40,41,48)/t21-,22-,23-,31+/m1/s1. The Kier molecular flexibility index (Phi) is 13.5. The molecule has 0 aliphatic carbocycles. The first kappa shape index (κ1) is 39.9. The van der Waals surface area contributed by atoms with Gasteiger partial charge in [-0.3, -0.25) is 4.79 Å². The van der Waals surface area contributed by atoms with Crippen molar-refractivity contribution in [3.05, 3.63) is 65.0 Å². The minimum atomic E-state index is -4.51. The van der Waals surface area contributed by atoms with Crippen LogP contribution in [0, 0.1) is 19.8 Å². The topological polar surface area (TPSA) is 158 Å². The van der Waals surface area contributed by atoms with Crippen LogP contribution >= 0.6 is 0 Å². The first-order valence-corrected chi connectivity index (χ1v) is 17.1. The van der Waals surface area contributed by atoms with Gasteiger partial charge in [0.25, 0.3) is 5.91 Å². The third kappa shape index (κ3) is 10.6. The molecule has 16 heteroatoms. The van der Waals surface area contributed by atoms with Crippen LogP contribution in [0.2, 0.25) is 0 Å². The second-order valence-corrected chi connectivity index (χ2v) is 13.2. The quantitative estimate of drug-likeness (QED) is 0.204. The predicted molar refractivity (Wildman–Crippen MR) is 189 cm³/mol. The number of nitrogens with zero attached hydrogens (tertiary/aromatic N) is 3. The summed E-state index contributed by atoms with van der Waals surface area (Å²) in [6, 6.07) is 6.85. The van der Waals surface area contributed by atoms with E-state index in [-0.39, 0.29) is 60.4 Å². The number of rotatable bonds is 7. The zero-order valence-electron chi connectivity index (χ0n) is 30.2. The van der Waals surface area contributed by atoms with Gasteiger partial charge in [-0.2, -0.15) is 13.2 Å². The van der Waals surface area contributed by atoms with E-state index < -0.39 is 35.8 Å². The minimum absolute atomic E-state index is 0.136. The lowest BCUT2D eigenvalue weighted by molar-refractivity contribution is -0.137. The summed E-state index contributed by atoms with van der Waals surface area (Å²) in [5.74, 6) is -0.0164. The Balaban J connectivity index is 1.57. The van der Waals surface area contributed by atoms with Gasteiger partial charge in [-0.1, -0.05) is 12.1 Å². The van der Waals surface area contributed by atoms with Gasteiger partial charge in [-0.15, -0.1) is 0 Å². The number of aryl methyl sites for hydroxylation is 2. The molecule has 4 rings (SSSR count). The minimum Gasteiger partial charge on any atom is -0.490 e. The summed E-state index contributed by atoms with van der Waals surface area (Å²) in [6.45, 7) is 9.34. The van der Waals surface area contributed by atoms with E-state index in [1.54, 1.807) is 40.0 Å². The van der Waals surface area contributed by atoms with E-state index in [1.807, 2.05) is 13.8 Å². The van der Waals surface area contributed by atoms with E-state index in [0.717, 1.165) is 37.1 Å². The summed E-state index contributed by atoms with van der Waals surface area (Å²) in [4.78, 5) is 43.4. The number of nitrogens with one attached hydrogen (secondary N) is 3. The number of carbonyl (C=O) groups is 3. The van der Waals surface area contributed by atoms with Crippen LogP contribution in [0.5, 0.6) is 5.75 Å². The number of amides is 5. The van der Waals surface area contributed by atoms with Gasteiger partial charge in [-0.05, 0) is 89.4 Å². The first-order valence-electron chi connectivity index (χ1n) is 17.1. The van der Waals surface area contributed by atoms with Crippen LogP contribution in [-0.2, 0) is 10.9 Å². The van der Waals surface area contributed by atoms with E-state index in [4.69, 9.17) is 14.0 Å². The fourth-order valence-electron chi connectivity index (χ4n) is 5.72. The Morgan fingerprint density at radius 3 is 2.37 bits per heavy atom. The summed E-state index contributed by atoms with van der Waals surface area (Å²) >= 11 is 0. The number of carbonyl (C=O) groups excluding carboxylic acids is 3. The summed E-state index contributed by atoms with van der Waals surface area (Å²) in [5.41, 5.74) is 0.689. The largest absolute Gasteiger partial charge is 0.490 e. The van der Waals surface area contributed by atoms with Gasteiger partial charge in [0, 0.05) is 44.0 Å². The van der Waals surface area contributed by atoms with E-state index in [2.05, 4.69) is 21.1 Å². The molecule has 1 aliphatic heterocycles. The second-order valence-electron chi connectivity index (χ2n) is 13.2. The second kappa shape index (κ2) is 17.6. The predicted octanol–water partition coefficient (Wildman–Crippen LogP) is 6.91. The molecule has 5 amide bonds. The summed E-state index contributed by atoms with van der Waals surface area (Å²) in [7, 11) is 1.64. The molecule has 52 heavy (non-hydrogen) atoms. The molecule has 284 valence electrons. The van der Waals surface area contributed by atoms with Crippen molar-refractivity contribution in [1.29, 1.82) is 0 Å². The molecule has 0 unspecified atom stereocenters. The number of anilines is 3. The van der Waals surface area contributed by atoms with Crippen LogP contribution in [0.4, 0.5) is 39.8 Å². The molecule has 3 aromatic rings. The highest BCUT2D eigenvalue weighted by molar-refractivity contribution is 6.02. The van der Waals surface area contributed by atoms with Crippen LogP contribution in [-0.4, -0.2) is 89.6 Å². The van der Waals surface area contributed by atoms with E-state index in [0.29, 0.717) is 30.2 Å². The Morgan fingerprint density at radius 2 is 1.73 bits per heavy atom. The number of urea groups is 2. The van der Waals surface area contributed by atoms with Crippen molar-refractivity contribution in [3.8, 4) is 5.75 Å². The number of aliphatic hydroxyl groups is 1. The van der Waals surface area contributed by atoms with Crippen LogP contribution < -0.4 is 20.7 Å². The summed E-state index contributed by atoms with van der Waals surface area (Å²) in [5, 5.41) is 22.1. The zero-order chi connectivity index (χ0) is 38.2. The molecule has 0 radical (unpaired) electrons. The van der Waals surface area contributed by atoms with Gasteiger partial charge in [-0.25, -0.2) is 9.59 Å². The third-order valence-corrected chi connectivity index (χ3v) is 8.85. The lowest BCUT2D eigenvalue weighted by Gasteiger charge is -2.35. The van der Waals surface area contributed by atoms with Crippen LogP contribution in [0.1, 0.15) is 67.4 Å². The van der Waals surface area contributed by atoms with Crippen molar-refractivity contribution >= 4 is 35.0 Å². The Labute approximate surface area is 300 Å². The molecule has 0 bridgehead atoms. The molecule has 4 atom stereocenters. The summed E-state index contributed by atoms with van der Waals surface area (Å²) < 4.78 is 56.6. The van der Waals surface area contributed by atoms with E-state index in [1.165, 1.54) is 15.9 Å². The molecule has 0 fully saturated rings. The number of likely N-dealkylation sites (N-methyl/N-ethyl adjacent to an activating group) is 1. The molecule has 1 aromatic heterocycles. The third-order valence-electron chi connectivity index (χ3n) is 8.85. The fraction of sp³-hybridized carbons (Fsp3) is 0.500. The SMILES string of the molecule is Cc1noc(C)c1NC(=O)N(C)C[C@@H]1OCCCC[C@@H](C)Oc2ccc(NC(=O)Nc3ccc(C(F)(F)F)cc3)cc2C(=O)N([C@H](C)CO)C[C@H]1C. The van der Waals surface area contributed by atoms with Crippen LogP contribution in [0.25, 0.3) is 0 Å². The Morgan fingerprint density at radius 1 is 1.06 bits per heavy atom. The summed E-state index contributed by atoms with van der Waals surface area (Å²) in [6.07, 6.45) is -3.13. The highest BCUT2D eigenvalue weighted by Crippen LogP contribution is 2.31. The molecule has 0 saturated heterocycles. The van der Waals surface area contributed by atoms with Gasteiger partial charge in [0.1, 0.15) is 17.1 Å². The fourth-order valence-corrected chi connectivity index (χ4v) is 5.72. The van der Waals surface area contributed by atoms with Gasteiger partial charge in [0.05, 0.1) is 36.0 Å². The number of fused-ring (bicyclic) bond motifs is 1. The Hall–Kier alpha value is -4.83. The van der Waals surface area contributed by atoms with Crippen LogP contribution in [0.3, 0.4) is 0 Å². The van der Waals surface area contributed by atoms with Crippen molar-refractivity contribution in [2.45, 2.75) is 78.3 Å². The maximum absolute atomic E-state index is 14.4. The molecule has 2 heterocycles. The molecule has 1 aliphatic rings. The molecule has 0 saturated carbocycles. The van der Waals surface area contributed by atoms with Gasteiger partial charge >= 0.3 is 18.2 Å². The van der Waals surface area contributed by atoms with Gasteiger partial charge < -0.3 is 44.9 Å². The monoisotopic (exact) mass is 732 g/mol. The lowest BCUT2D eigenvalue weighted by Crippen LogP contribution is -2.48. The van der Waals surface area contributed by atoms with E-state index >= 15 is 0 Å². The van der Waals surface area contributed by atoms with Crippen molar-refractivity contribution < 1.29 is 46.7 Å². The number of hydrogen-bond acceptors (Lipinski definition) is 8. The zero-order valence-corrected chi connectivity index (χ0v) is 30.2. The van der Waals surface area contributed by atoms with Gasteiger partial charge in [0.15, 0.2) is 5.76 Å². The number of ether oxygens (including phenoxy) is 2. The van der Waals surface area contributed by atoms with Crippen LogP contribution in [0.15, 0.2) is 47.0 Å². The molecular formula is C36H47F3N6O7. The van der Waals surface area contributed by atoms with Gasteiger partial charge in [0.2, 0.25) is 0 Å². The van der Waals surface area contributed by atoms with Crippen molar-refractivity contribution in [2.24, 2.45) is 5.92 Å². The maximum Gasteiger partial charge on any atom is 0.416 e. The molecular weight excluding hydrogens is 685 g/mol. The number of aliphatic hydroxyl groups excluding tert-OH is 1. The van der Waals surface area contributed by atoms with Crippen molar-refractivity contribution in [3.63, 3.8) is 0 Å². The first-order chi connectivity index (χ1) is 24.6. The smallest absolute Gasteiger partial charge is 0.416 e. The highest BCUT2D eigenvalue weighted by Gasteiger charge is 2.32. The molecule has 0 spiro atoms. The average molecular weight is 733 g/mol. The lowest BCUT2D eigenvalue weighted by atomic mass is 10.0. The molecule has 13 nitrogen and oxygen atoms in total. The van der Waals surface area contributed by atoms with Crippen molar-refractivity contribution in [1.82, 2.24) is 15.0 Å². The average Bonchev–Trinajstić information content (AvgIpc) is 3.41. The Bertz CT molecular complexity index is 1660. The molecule has 4 N–H and O–H groups in total. The van der Waals surface area contributed by atoms with Crippen molar-refractivity contribution in [2.75, 3.05) is 49.3 Å². The number of aromatic nitrogens is 1. The normalized spacial score (nSPS) is 19.5. The highest BCUT2D eigenvalue weighted by atomic mass is 19.4. The number of hydrogen-bond donors (Lipinski definition) is 4. The van der Waals surface area contributed by atoms with E-state index in [9.17, 15) is 32.7 Å². The number of alkyl halides is 3. The number of benzene rings is 2. The molecule has 2 aromatic carbocycles. The number of halogens is 3.